The number of hydrogen-bond acceptors (Lipinski definition) is 5. The summed E-state index contributed by atoms with van der Waals surface area (Å²) in [5, 5.41) is 22.9. The van der Waals surface area contributed by atoms with E-state index in [9.17, 15) is 23.8 Å². The van der Waals surface area contributed by atoms with E-state index in [0.29, 0.717) is 22.5 Å². The van der Waals surface area contributed by atoms with Crippen LogP contribution in [0.15, 0.2) is 60.8 Å². The Hall–Kier alpha value is -3.82. The standard InChI is InChI=1S/C26H25F2N3O4/c1-15-23(26(34)29-13-17-7-3-4-8-18(17)24(33)16(2)32)31-12-6-11-22(25(31)30-15)35-14-19-20(27)9-5-10-21(19)28/h3-12,16,24,32-33H,13-14H2,1-2H3,(H,29,34)/t16-,24-/m1/s1. The molecule has 0 radical (unpaired) electrons. The number of amides is 1. The average Bonchev–Trinajstić information content (AvgIpc) is 3.18. The number of carbonyl (C=O) groups is 1. The van der Waals surface area contributed by atoms with E-state index in [0.717, 1.165) is 12.1 Å². The van der Waals surface area contributed by atoms with Gasteiger partial charge in [0, 0.05) is 12.7 Å². The molecule has 2 aromatic heterocycles. The number of pyridine rings is 1. The van der Waals surface area contributed by atoms with E-state index < -0.39 is 29.7 Å². The highest BCUT2D eigenvalue weighted by atomic mass is 19.1. The first-order chi connectivity index (χ1) is 16.8. The number of nitrogens with zero attached hydrogens (tertiary/aromatic N) is 2. The highest BCUT2D eigenvalue weighted by Crippen LogP contribution is 2.25. The molecule has 0 aliphatic rings. The number of carbonyl (C=O) groups excluding carboxylic acids is 1. The zero-order chi connectivity index (χ0) is 25.1. The van der Waals surface area contributed by atoms with E-state index in [-0.39, 0.29) is 30.2 Å². The summed E-state index contributed by atoms with van der Waals surface area (Å²) in [6, 6.07) is 13.8. The molecule has 0 bridgehead atoms. The number of aliphatic hydroxyl groups is 2. The minimum Gasteiger partial charge on any atom is -0.485 e. The molecule has 35 heavy (non-hydrogen) atoms. The lowest BCUT2D eigenvalue weighted by Crippen LogP contribution is -2.26. The molecular formula is C26H25F2N3O4. The van der Waals surface area contributed by atoms with Crippen molar-refractivity contribution in [3.05, 3.63) is 101 Å². The number of fused-ring (bicyclic) bond motifs is 1. The molecule has 0 saturated heterocycles. The molecule has 9 heteroatoms. The van der Waals surface area contributed by atoms with E-state index in [1.807, 2.05) is 0 Å². The lowest BCUT2D eigenvalue weighted by Gasteiger charge is -2.18. The molecule has 0 aliphatic heterocycles. The Morgan fingerprint density at radius 2 is 1.80 bits per heavy atom. The van der Waals surface area contributed by atoms with Crippen LogP contribution in [0.5, 0.6) is 5.75 Å². The minimum atomic E-state index is -1.08. The number of ether oxygens (including phenoxy) is 1. The van der Waals surface area contributed by atoms with Gasteiger partial charge in [0.05, 0.1) is 17.4 Å². The number of halogens is 2. The van der Waals surface area contributed by atoms with Crippen LogP contribution < -0.4 is 10.1 Å². The molecule has 0 saturated carbocycles. The summed E-state index contributed by atoms with van der Waals surface area (Å²) < 4.78 is 35.1. The fourth-order valence-corrected chi connectivity index (χ4v) is 3.87. The smallest absolute Gasteiger partial charge is 0.270 e. The van der Waals surface area contributed by atoms with Gasteiger partial charge in [-0.15, -0.1) is 0 Å². The molecule has 2 atom stereocenters. The van der Waals surface area contributed by atoms with Gasteiger partial charge in [-0.1, -0.05) is 30.3 Å². The van der Waals surface area contributed by atoms with Crippen LogP contribution in [-0.4, -0.2) is 31.6 Å². The Kier molecular flexibility index (Phi) is 7.09. The Morgan fingerprint density at radius 1 is 1.09 bits per heavy atom. The van der Waals surface area contributed by atoms with Crippen molar-refractivity contribution >= 4 is 11.6 Å². The summed E-state index contributed by atoms with van der Waals surface area (Å²) in [6.45, 7) is 2.94. The van der Waals surface area contributed by atoms with Crippen molar-refractivity contribution in [2.75, 3.05) is 0 Å². The van der Waals surface area contributed by atoms with Crippen molar-refractivity contribution in [3.8, 4) is 5.75 Å². The first-order valence-electron chi connectivity index (χ1n) is 11.0. The Morgan fingerprint density at radius 3 is 2.51 bits per heavy atom. The van der Waals surface area contributed by atoms with Crippen LogP contribution in [0, 0.1) is 18.6 Å². The molecule has 3 N–H and O–H groups in total. The number of nitrogens with one attached hydrogen (secondary N) is 1. The fourth-order valence-electron chi connectivity index (χ4n) is 3.87. The monoisotopic (exact) mass is 481 g/mol. The summed E-state index contributed by atoms with van der Waals surface area (Å²) in [7, 11) is 0. The molecule has 4 aromatic rings. The van der Waals surface area contributed by atoms with Crippen LogP contribution in [0.25, 0.3) is 5.65 Å². The minimum absolute atomic E-state index is 0.119. The Labute approximate surface area is 200 Å². The van der Waals surface area contributed by atoms with E-state index in [4.69, 9.17) is 4.74 Å². The summed E-state index contributed by atoms with van der Waals surface area (Å²) in [4.78, 5) is 17.5. The molecule has 0 fully saturated rings. The first-order valence-corrected chi connectivity index (χ1v) is 11.0. The topological polar surface area (TPSA) is 96.1 Å². The van der Waals surface area contributed by atoms with Gasteiger partial charge < -0.3 is 20.3 Å². The van der Waals surface area contributed by atoms with Crippen molar-refractivity contribution in [1.82, 2.24) is 14.7 Å². The number of hydrogen-bond donors (Lipinski definition) is 3. The Balaban J connectivity index is 1.56. The summed E-state index contributed by atoms with van der Waals surface area (Å²) in [5.74, 6) is -1.56. The molecule has 1 amide bonds. The molecule has 7 nitrogen and oxygen atoms in total. The number of imidazole rings is 1. The van der Waals surface area contributed by atoms with Crippen LogP contribution in [0.1, 0.15) is 45.9 Å². The largest absolute Gasteiger partial charge is 0.485 e. The van der Waals surface area contributed by atoms with Crippen LogP contribution in [0.4, 0.5) is 8.78 Å². The zero-order valence-electron chi connectivity index (χ0n) is 19.2. The van der Waals surface area contributed by atoms with Gasteiger partial charge >= 0.3 is 0 Å². The second kappa shape index (κ2) is 10.2. The third-order valence-corrected chi connectivity index (χ3v) is 5.71. The third kappa shape index (κ3) is 5.01. The lowest BCUT2D eigenvalue weighted by atomic mass is 9.99. The predicted octanol–water partition coefficient (Wildman–Crippen LogP) is 3.84. The maximum atomic E-state index is 14.0. The highest BCUT2D eigenvalue weighted by Gasteiger charge is 2.21. The van der Waals surface area contributed by atoms with Crippen LogP contribution >= 0.6 is 0 Å². The van der Waals surface area contributed by atoms with Gasteiger partial charge in [0.15, 0.2) is 11.4 Å². The zero-order valence-corrected chi connectivity index (χ0v) is 19.2. The molecule has 0 unspecified atom stereocenters. The molecule has 0 aliphatic carbocycles. The van der Waals surface area contributed by atoms with Crippen LogP contribution in [-0.2, 0) is 13.2 Å². The van der Waals surface area contributed by atoms with E-state index in [1.165, 1.54) is 13.0 Å². The van der Waals surface area contributed by atoms with Crippen molar-refractivity contribution in [1.29, 1.82) is 0 Å². The molecular weight excluding hydrogens is 456 g/mol. The van der Waals surface area contributed by atoms with E-state index >= 15 is 0 Å². The summed E-state index contributed by atoms with van der Waals surface area (Å²) in [6.07, 6.45) is -0.407. The molecule has 4 rings (SSSR count). The average molecular weight is 481 g/mol. The maximum Gasteiger partial charge on any atom is 0.270 e. The number of aliphatic hydroxyl groups excluding tert-OH is 2. The second-order valence-electron chi connectivity index (χ2n) is 8.17. The number of rotatable bonds is 8. The molecule has 0 spiro atoms. The number of aryl methyl sites for hydroxylation is 1. The molecule has 2 heterocycles. The first kappa shape index (κ1) is 24.3. The van der Waals surface area contributed by atoms with Crippen molar-refractivity contribution in [3.63, 3.8) is 0 Å². The van der Waals surface area contributed by atoms with Gasteiger partial charge in [0.1, 0.15) is 30.0 Å². The normalized spacial score (nSPS) is 13.0. The van der Waals surface area contributed by atoms with Crippen molar-refractivity contribution in [2.24, 2.45) is 0 Å². The van der Waals surface area contributed by atoms with Crippen LogP contribution in [0.2, 0.25) is 0 Å². The molecule has 2 aromatic carbocycles. The summed E-state index contributed by atoms with van der Waals surface area (Å²) >= 11 is 0. The number of aromatic nitrogens is 2. The van der Waals surface area contributed by atoms with Gasteiger partial charge in [-0.2, -0.15) is 0 Å². The van der Waals surface area contributed by atoms with Crippen molar-refractivity contribution in [2.45, 2.75) is 39.2 Å². The SMILES string of the molecule is Cc1nc2c(OCc3c(F)cccc3F)cccn2c1C(=O)NCc1ccccc1[C@H](O)[C@@H](C)O. The molecule has 182 valence electrons. The number of benzene rings is 2. The Bertz CT molecular complexity index is 1350. The lowest BCUT2D eigenvalue weighted by molar-refractivity contribution is 0.0299. The predicted molar refractivity (Wildman–Crippen MR) is 125 cm³/mol. The van der Waals surface area contributed by atoms with Crippen LogP contribution in [0.3, 0.4) is 0 Å². The van der Waals surface area contributed by atoms with Gasteiger partial charge in [-0.05, 0) is 49.2 Å². The van der Waals surface area contributed by atoms with Gasteiger partial charge in [-0.3, -0.25) is 9.20 Å². The van der Waals surface area contributed by atoms with Gasteiger partial charge in [0.25, 0.3) is 5.91 Å². The third-order valence-electron chi connectivity index (χ3n) is 5.71. The van der Waals surface area contributed by atoms with E-state index in [1.54, 1.807) is 53.9 Å². The summed E-state index contributed by atoms with van der Waals surface area (Å²) in [5.41, 5.74) is 2.03. The maximum absolute atomic E-state index is 14.0. The van der Waals surface area contributed by atoms with Crippen molar-refractivity contribution < 1.29 is 28.5 Å². The highest BCUT2D eigenvalue weighted by molar-refractivity contribution is 5.95. The van der Waals surface area contributed by atoms with Gasteiger partial charge in [-0.25, -0.2) is 13.8 Å². The quantitative estimate of drug-likeness (QED) is 0.355. The fraction of sp³-hybridized carbons (Fsp3) is 0.231. The van der Waals surface area contributed by atoms with E-state index in [2.05, 4.69) is 10.3 Å². The van der Waals surface area contributed by atoms with Gasteiger partial charge in [0.2, 0.25) is 0 Å². The second-order valence-corrected chi connectivity index (χ2v) is 8.17.